The maximum absolute atomic E-state index is 14.2. The number of benzene rings is 1. The molecule has 1 aliphatic carbocycles. The minimum Gasteiger partial charge on any atom is -0.358 e. The molecule has 31 heavy (non-hydrogen) atoms. The average molecular weight is 433 g/mol. The van der Waals surface area contributed by atoms with E-state index in [0.717, 1.165) is 6.07 Å². The Bertz CT molecular complexity index is 1280. The van der Waals surface area contributed by atoms with Gasteiger partial charge in [0.1, 0.15) is 6.07 Å². The van der Waals surface area contributed by atoms with Gasteiger partial charge in [-0.15, -0.1) is 0 Å². The lowest BCUT2D eigenvalue weighted by atomic mass is 9.84. The first kappa shape index (κ1) is 21.0. The van der Waals surface area contributed by atoms with Crippen molar-refractivity contribution in [1.29, 1.82) is 5.26 Å². The number of H-pyrrole nitrogens is 1. The van der Waals surface area contributed by atoms with Gasteiger partial charge in [-0.2, -0.15) is 18.4 Å². The smallest absolute Gasteiger partial charge is 0.358 e. The fraction of sp³-hybridized carbons (Fsp3) is 0.318. The first-order chi connectivity index (χ1) is 14.6. The summed E-state index contributed by atoms with van der Waals surface area (Å²) in [4.78, 5) is 19.5. The standard InChI is InChI=1S/C22H16F5N3O/c1-10-12(2-3-15(23)21(10)24)13-6-11(22(25,26)27)7-14(13)17-8-19(31)20-16(30-17)4-5-29-18(20)9-28/h2-5,8,11,13-14H,6-7H2,1H3,(H,30,31)/t11-,13-,14+/m1/s1. The largest absolute Gasteiger partial charge is 0.391 e. The molecule has 3 atom stereocenters. The van der Waals surface area contributed by atoms with Gasteiger partial charge in [0.25, 0.3) is 0 Å². The van der Waals surface area contributed by atoms with E-state index < -0.39 is 41.0 Å². The molecule has 0 amide bonds. The molecule has 0 saturated heterocycles. The van der Waals surface area contributed by atoms with E-state index in [1.807, 2.05) is 6.07 Å². The fourth-order valence-electron chi connectivity index (χ4n) is 4.57. The zero-order valence-electron chi connectivity index (χ0n) is 16.2. The van der Waals surface area contributed by atoms with Crippen molar-refractivity contribution < 1.29 is 22.0 Å². The van der Waals surface area contributed by atoms with Crippen LogP contribution in [-0.2, 0) is 0 Å². The number of hydrogen-bond donors (Lipinski definition) is 1. The van der Waals surface area contributed by atoms with Crippen LogP contribution in [0.15, 0.2) is 35.3 Å². The van der Waals surface area contributed by atoms with Gasteiger partial charge in [0.2, 0.25) is 0 Å². The van der Waals surface area contributed by atoms with Gasteiger partial charge in [-0.05, 0) is 48.9 Å². The number of halogens is 5. The second kappa shape index (κ2) is 7.45. The molecule has 2 aromatic heterocycles. The van der Waals surface area contributed by atoms with Crippen LogP contribution in [0.5, 0.6) is 0 Å². The first-order valence-electron chi connectivity index (χ1n) is 9.55. The van der Waals surface area contributed by atoms with Gasteiger partial charge in [0.05, 0.1) is 16.8 Å². The highest BCUT2D eigenvalue weighted by Crippen LogP contribution is 2.53. The van der Waals surface area contributed by atoms with Crippen molar-refractivity contribution in [3.8, 4) is 6.07 Å². The lowest BCUT2D eigenvalue weighted by Crippen LogP contribution is -2.20. The Morgan fingerprint density at radius 2 is 1.87 bits per heavy atom. The molecule has 1 aromatic carbocycles. The quantitative estimate of drug-likeness (QED) is 0.564. The molecule has 1 fully saturated rings. The second-order valence-electron chi connectivity index (χ2n) is 7.78. The molecule has 1 saturated carbocycles. The lowest BCUT2D eigenvalue weighted by molar-refractivity contribution is -0.172. The molecule has 0 radical (unpaired) electrons. The number of pyridine rings is 2. The van der Waals surface area contributed by atoms with Crippen LogP contribution in [0, 0.1) is 35.8 Å². The van der Waals surface area contributed by atoms with E-state index in [4.69, 9.17) is 0 Å². The summed E-state index contributed by atoms with van der Waals surface area (Å²) in [6.07, 6.45) is -3.75. The van der Waals surface area contributed by atoms with Crippen molar-refractivity contribution in [2.75, 3.05) is 0 Å². The highest BCUT2D eigenvalue weighted by atomic mass is 19.4. The van der Waals surface area contributed by atoms with E-state index in [0.29, 0.717) is 0 Å². The van der Waals surface area contributed by atoms with Crippen LogP contribution in [0.25, 0.3) is 10.9 Å². The number of alkyl halides is 3. The summed E-state index contributed by atoms with van der Waals surface area (Å²) < 4.78 is 68.5. The molecular formula is C22H16F5N3O. The number of hydrogen-bond acceptors (Lipinski definition) is 3. The molecule has 1 N–H and O–H groups in total. The third kappa shape index (κ3) is 3.56. The topological polar surface area (TPSA) is 69.5 Å². The minimum absolute atomic E-state index is 0.0445. The van der Waals surface area contributed by atoms with Crippen molar-refractivity contribution in [3.05, 3.63) is 74.8 Å². The lowest BCUT2D eigenvalue weighted by Gasteiger charge is -2.22. The molecule has 4 rings (SSSR count). The van der Waals surface area contributed by atoms with Crippen molar-refractivity contribution in [1.82, 2.24) is 9.97 Å². The number of nitrogens with zero attached hydrogens (tertiary/aromatic N) is 2. The third-order valence-corrected chi connectivity index (χ3v) is 6.07. The maximum Gasteiger partial charge on any atom is 0.391 e. The Balaban J connectivity index is 1.88. The molecule has 160 valence electrons. The molecular weight excluding hydrogens is 417 g/mol. The third-order valence-electron chi connectivity index (χ3n) is 6.07. The summed E-state index contributed by atoms with van der Waals surface area (Å²) in [5.41, 5.74) is 0.155. The zero-order valence-corrected chi connectivity index (χ0v) is 16.2. The maximum atomic E-state index is 14.2. The van der Waals surface area contributed by atoms with Gasteiger partial charge >= 0.3 is 6.18 Å². The predicted octanol–water partition coefficient (Wildman–Crippen LogP) is 5.22. The fourth-order valence-corrected chi connectivity index (χ4v) is 4.57. The second-order valence-corrected chi connectivity index (χ2v) is 7.78. The summed E-state index contributed by atoms with van der Waals surface area (Å²) in [6, 6.07) is 6.68. The predicted molar refractivity (Wildman–Crippen MR) is 102 cm³/mol. The van der Waals surface area contributed by atoms with Crippen molar-refractivity contribution in [2.24, 2.45) is 5.92 Å². The molecule has 4 nitrogen and oxygen atoms in total. The Labute approximate surface area is 173 Å². The number of aromatic amines is 1. The van der Waals surface area contributed by atoms with E-state index in [2.05, 4.69) is 9.97 Å². The molecule has 9 heteroatoms. The minimum atomic E-state index is -4.46. The molecule has 0 aliphatic heterocycles. The van der Waals surface area contributed by atoms with Crippen LogP contribution in [0.2, 0.25) is 0 Å². The molecule has 0 spiro atoms. The summed E-state index contributed by atoms with van der Waals surface area (Å²) in [5, 5.41) is 9.23. The average Bonchev–Trinajstić information content (AvgIpc) is 3.17. The van der Waals surface area contributed by atoms with Gasteiger partial charge in [0, 0.05) is 23.9 Å². The summed E-state index contributed by atoms with van der Waals surface area (Å²) >= 11 is 0. The van der Waals surface area contributed by atoms with Crippen LogP contribution < -0.4 is 5.43 Å². The van der Waals surface area contributed by atoms with Crippen LogP contribution >= 0.6 is 0 Å². The van der Waals surface area contributed by atoms with Crippen molar-refractivity contribution in [2.45, 2.75) is 37.8 Å². The van der Waals surface area contributed by atoms with E-state index in [-0.39, 0.29) is 46.3 Å². The molecule has 2 heterocycles. The van der Waals surface area contributed by atoms with Gasteiger partial charge < -0.3 is 4.98 Å². The van der Waals surface area contributed by atoms with Gasteiger partial charge in [-0.3, -0.25) is 4.79 Å². The molecule has 0 bridgehead atoms. The molecule has 1 aliphatic rings. The van der Waals surface area contributed by atoms with Crippen LogP contribution in [0.1, 0.15) is 47.2 Å². The van der Waals surface area contributed by atoms with Crippen LogP contribution in [0.3, 0.4) is 0 Å². The van der Waals surface area contributed by atoms with Gasteiger partial charge in [-0.25, -0.2) is 13.8 Å². The SMILES string of the molecule is Cc1c([C@H]2C[C@@H](C(F)(F)F)C[C@@H]2c2cc(=O)c3c(C#N)nccc3[nH]2)ccc(F)c1F. The highest BCUT2D eigenvalue weighted by molar-refractivity contribution is 5.82. The van der Waals surface area contributed by atoms with E-state index >= 15 is 0 Å². The van der Waals surface area contributed by atoms with E-state index in [9.17, 15) is 32.0 Å². The van der Waals surface area contributed by atoms with Crippen LogP contribution in [0.4, 0.5) is 22.0 Å². The number of nitrogens with one attached hydrogen (secondary N) is 1. The summed E-state index contributed by atoms with van der Waals surface area (Å²) in [6.45, 7) is 1.33. The Hall–Kier alpha value is -3.28. The molecule has 0 unspecified atom stereocenters. The molecule has 3 aromatic rings. The van der Waals surface area contributed by atoms with Crippen LogP contribution in [-0.4, -0.2) is 16.1 Å². The Morgan fingerprint density at radius 3 is 2.55 bits per heavy atom. The number of aromatic nitrogens is 2. The normalized spacial score (nSPS) is 21.4. The van der Waals surface area contributed by atoms with E-state index in [1.165, 1.54) is 31.3 Å². The van der Waals surface area contributed by atoms with Crippen molar-refractivity contribution >= 4 is 10.9 Å². The first-order valence-corrected chi connectivity index (χ1v) is 9.55. The van der Waals surface area contributed by atoms with Gasteiger partial charge in [-0.1, -0.05) is 6.07 Å². The zero-order chi connectivity index (χ0) is 22.5. The Kier molecular flexibility index (Phi) is 5.04. The number of fused-ring (bicyclic) bond motifs is 1. The Morgan fingerprint density at radius 1 is 1.16 bits per heavy atom. The van der Waals surface area contributed by atoms with Crippen molar-refractivity contribution in [3.63, 3.8) is 0 Å². The van der Waals surface area contributed by atoms with E-state index in [1.54, 1.807) is 0 Å². The number of nitriles is 1. The van der Waals surface area contributed by atoms with Gasteiger partial charge in [0.15, 0.2) is 22.8 Å². The summed E-state index contributed by atoms with van der Waals surface area (Å²) in [7, 11) is 0. The number of rotatable bonds is 2. The summed E-state index contributed by atoms with van der Waals surface area (Å²) in [5.74, 6) is -5.36. The monoisotopic (exact) mass is 433 g/mol. The highest BCUT2D eigenvalue weighted by Gasteiger charge is 2.49.